The molecule has 0 saturated carbocycles. The van der Waals surface area contributed by atoms with Crippen molar-refractivity contribution < 1.29 is 14.3 Å². The Labute approximate surface area is 143 Å². The molecule has 0 aliphatic carbocycles. The number of nitrogens with one attached hydrogen (secondary N) is 2. The summed E-state index contributed by atoms with van der Waals surface area (Å²) in [5.41, 5.74) is 0.934. The maximum absolute atomic E-state index is 12.1. The summed E-state index contributed by atoms with van der Waals surface area (Å²) in [4.78, 5) is 25.5. The summed E-state index contributed by atoms with van der Waals surface area (Å²) in [6.07, 6.45) is 2.15. The average Bonchev–Trinajstić information content (AvgIpc) is 3.07. The molecule has 6 heteroatoms. The monoisotopic (exact) mass is 333 g/mol. The lowest BCUT2D eigenvalue weighted by molar-refractivity contribution is -0.132. The van der Waals surface area contributed by atoms with Crippen molar-refractivity contribution >= 4 is 11.8 Å². The minimum absolute atomic E-state index is 0.0339. The van der Waals surface area contributed by atoms with Gasteiger partial charge in [-0.25, -0.2) is 0 Å². The van der Waals surface area contributed by atoms with Gasteiger partial charge in [-0.1, -0.05) is 18.2 Å². The molecule has 1 heterocycles. The molecule has 1 aromatic carbocycles. The third-order valence-corrected chi connectivity index (χ3v) is 3.83. The molecule has 6 nitrogen and oxygen atoms in total. The molecule has 2 amide bonds. The van der Waals surface area contributed by atoms with Crippen LogP contribution < -0.4 is 15.4 Å². The first-order chi connectivity index (χ1) is 11.6. The van der Waals surface area contributed by atoms with Crippen molar-refractivity contribution in [2.75, 3.05) is 26.2 Å². The minimum atomic E-state index is -0.0346. The van der Waals surface area contributed by atoms with Gasteiger partial charge in [-0.2, -0.15) is 0 Å². The molecule has 1 aliphatic heterocycles. The van der Waals surface area contributed by atoms with Crippen LogP contribution in [0.1, 0.15) is 32.3 Å². The maximum Gasteiger partial charge on any atom is 0.260 e. The number of benzene rings is 1. The number of carbonyl (C=O) groups is 2. The second-order valence-electron chi connectivity index (χ2n) is 6.31. The molecular weight excluding hydrogens is 306 g/mol. The second kappa shape index (κ2) is 9.27. The van der Waals surface area contributed by atoms with Crippen LogP contribution in [0.15, 0.2) is 24.3 Å². The van der Waals surface area contributed by atoms with Crippen molar-refractivity contribution in [3.05, 3.63) is 29.8 Å². The second-order valence-corrected chi connectivity index (χ2v) is 6.31. The normalized spacial score (nSPS) is 14.0. The van der Waals surface area contributed by atoms with Crippen molar-refractivity contribution in [3.63, 3.8) is 0 Å². The molecule has 1 aliphatic rings. The van der Waals surface area contributed by atoms with Crippen LogP contribution in [-0.2, 0) is 16.1 Å². The van der Waals surface area contributed by atoms with E-state index in [1.165, 1.54) is 0 Å². The highest BCUT2D eigenvalue weighted by Crippen LogP contribution is 2.18. The van der Waals surface area contributed by atoms with E-state index >= 15 is 0 Å². The van der Waals surface area contributed by atoms with Gasteiger partial charge >= 0.3 is 0 Å². The third kappa shape index (κ3) is 5.85. The molecule has 1 saturated heterocycles. The van der Waals surface area contributed by atoms with Crippen LogP contribution in [0, 0.1) is 0 Å². The first-order valence-corrected chi connectivity index (χ1v) is 8.55. The molecule has 1 fully saturated rings. The van der Waals surface area contributed by atoms with Crippen molar-refractivity contribution in [1.82, 2.24) is 15.5 Å². The Kier molecular flexibility index (Phi) is 7.06. The van der Waals surface area contributed by atoms with Crippen LogP contribution in [0.5, 0.6) is 5.75 Å². The zero-order chi connectivity index (χ0) is 17.4. The van der Waals surface area contributed by atoms with E-state index in [2.05, 4.69) is 10.6 Å². The van der Waals surface area contributed by atoms with Gasteiger partial charge in [-0.3, -0.25) is 9.59 Å². The predicted octanol–water partition coefficient (Wildman–Crippen LogP) is 1.30. The first-order valence-electron chi connectivity index (χ1n) is 8.55. The van der Waals surface area contributed by atoms with Crippen molar-refractivity contribution in [2.24, 2.45) is 0 Å². The molecule has 1 aromatic rings. The molecule has 2 N–H and O–H groups in total. The number of likely N-dealkylation sites (tertiary alicyclic amines) is 1. The van der Waals surface area contributed by atoms with Gasteiger partial charge in [0, 0.05) is 31.2 Å². The summed E-state index contributed by atoms with van der Waals surface area (Å²) in [5.74, 6) is 0.681. The fourth-order valence-electron chi connectivity index (χ4n) is 2.67. The van der Waals surface area contributed by atoms with Crippen LogP contribution in [0.3, 0.4) is 0 Å². The number of nitrogens with zero attached hydrogens (tertiary/aromatic N) is 1. The number of carbonyl (C=O) groups excluding carboxylic acids is 2. The molecule has 0 bridgehead atoms. The molecule has 24 heavy (non-hydrogen) atoms. The Bertz CT molecular complexity index is 554. The van der Waals surface area contributed by atoms with Crippen molar-refractivity contribution in [1.29, 1.82) is 0 Å². The van der Waals surface area contributed by atoms with Gasteiger partial charge < -0.3 is 20.3 Å². The quantitative estimate of drug-likeness (QED) is 0.752. The van der Waals surface area contributed by atoms with Crippen LogP contribution >= 0.6 is 0 Å². The van der Waals surface area contributed by atoms with Gasteiger partial charge in [0.05, 0.1) is 6.54 Å². The molecule has 0 aromatic heterocycles. The molecule has 2 rings (SSSR count). The third-order valence-electron chi connectivity index (χ3n) is 3.83. The summed E-state index contributed by atoms with van der Waals surface area (Å²) < 4.78 is 5.70. The summed E-state index contributed by atoms with van der Waals surface area (Å²) in [6.45, 7) is 6.34. The zero-order valence-corrected chi connectivity index (χ0v) is 14.5. The van der Waals surface area contributed by atoms with E-state index in [4.69, 9.17) is 4.74 Å². The zero-order valence-electron chi connectivity index (χ0n) is 14.5. The van der Waals surface area contributed by atoms with Crippen LogP contribution in [0.25, 0.3) is 0 Å². The predicted molar refractivity (Wildman–Crippen MR) is 92.7 cm³/mol. The molecule has 0 atom stereocenters. The summed E-state index contributed by atoms with van der Waals surface area (Å²) in [5, 5.41) is 5.93. The fourth-order valence-corrected chi connectivity index (χ4v) is 2.67. The van der Waals surface area contributed by atoms with E-state index in [9.17, 15) is 9.59 Å². The minimum Gasteiger partial charge on any atom is -0.483 e. The van der Waals surface area contributed by atoms with E-state index in [1.807, 2.05) is 43.0 Å². The van der Waals surface area contributed by atoms with E-state index in [1.54, 1.807) is 0 Å². The Balaban J connectivity index is 1.81. The molecule has 0 unspecified atom stereocenters. The van der Waals surface area contributed by atoms with E-state index < -0.39 is 0 Å². The van der Waals surface area contributed by atoms with Gasteiger partial charge in [-0.05, 0) is 32.8 Å². The van der Waals surface area contributed by atoms with E-state index in [-0.39, 0.29) is 31.0 Å². The summed E-state index contributed by atoms with van der Waals surface area (Å²) >= 11 is 0. The Morgan fingerprint density at radius 1 is 1.21 bits per heavy atom. The summed E-state index contributed by atoms with van der Waals surface area (Å²) in [6, 6.07) is 7.71. The lowest BCUT2D eigenvalue weighted by atomic mass is 10.2. The number of rotatable bonds is 8. The number of ether oxygens (including phenoxy) is 1. The highest BCUT2D eigenvalue weighted by molar-refractivity contribution is 5.78. The van der Waals surface area contributed by atoms with Crippen molar-refractivity contribution in [3.8, 4) is 5.75 Å². The highest BCUT2D eigenvalue weighted by atomic mass is 16.5. The van der Waals surface area contributed by atoms with Crippen molar-refractivity contribution in [2.45, 2.75) is 39.3 Å². The maximum atomic E-state index is 12.1. The number of hydrogen-bond acceptors (Lipinski definition) is 4. The lowest BCUT2D eigenvalue weighted by Gasteiger charge is -2.17. The van der Waals surface area contributed by atoms with Gasteiger partial charge in [0.15, 0.2) is 6.61 Å². The van der Waals surface area contributed by atoms with Gasteiger partial charge in [0.1, 0.15) is 5.75 Å². The number of amides is 2. The number of hydrogen-bond donors (Lipinski definition) is 2. The van der Waals surface area contributed by atoms with Crippen LogP contribution in [0.2, 0.25) is 0 Å². The van der Waals surface area contributed by atoms with Gasteiger partial charge in [-0.15, -0.1) is 0 Å². The standard InChI is InChI=1S/C18H27N3O3/c1-14(2)20-17(22)12-19-11-15-7-3-4-8-16(15)24-13-18(23)21-9-5-6-10-21/h3-4,7-8,14,19H,5-6,9-13H2,1-2H3,(H,20,22). The molecular formula is C18H27N3O3. The van der Waals surface area contributed by atoms with E-state index in [0.717, 1.165) is 31.5 Å². The Hall–Kier alpha value is -2.08. The van der Waals surface area contributed by atoms with Crippen LogP contribution in [-0.4, -0.2) is 49.0 Å². The van der Waals surface area contributed by atoms with Crippen LogP contribution in [0.4, 0.5) is 0 Å². The Morgan fingerprint density at radius 3 is 2.62 bits per heavy atom. The molecule has 0 radical (unpaired) electrons. The molecule has 132 valence electrons. The first kappa shape index (κ1) is 18.3. The number of para-hydroxylation sites is 1. The Morgan fingerprint density at radius 2 is 1.92 bits per heavy atom. The SMILES string of the molecule is CC(C)NC(=O)CNCc1ccccc1OCC(=O)N1CCCC1. The van der Waals surface area contributed by atoms with Gasteiger partial charge in [0.25, 0.3) is 5.91 Å². The average molecular weight is 333 g/mol. The summed E-state index contributed by atoms with van der Waals surface area (Å²) in [7, 11) is 0. The molecule has 0 spiro atoms. The fraction of sp³-hybridized carbons (Fsp3) is 0.556. The highest BCUT2D eigenvalue weighted by Gasteiger charge is 2.18. The van der Waals surface area contributed by atoms with Gasteiger partial charge in [0.2, 0.25) is 5.91 Å². The topological polar surface area (TPSA) is 70.7 Å². The lowest BCUT2D eigenvalue weighted by Crippen LogP contribution is -2.37. The largest absolute Gasteiger partial charge is 0.483 e. The van der Waals surface area contributed by atoms with E-state index in [0.29, 0.717) is 12.3 Å². The smallest absolute Gasteiger partial charge is 0.260 e.